The third-order valence-corrected chi connectivity index (χ3v) is 4.30. The molecule has 5 nitrogen and oxygen atoms in total. The number of nitrogens with zero attached hydrogens (tertiary/aromatic N) is 1. The number of aliphatic hydroxyl groups excluding tert-OH is 1. The molecule has 1 heterocycles. The Kier molecular flexibility index (Phi) is 8.44. The van der Waals surface area contributed by atoms with Crippen molar-refractivity contribution in [3.63, 3.8) is 0 Å². The van der Waals surface area contributed by atoms with Gasteiger partial charge < -0.3 is 10.2 Å². The van der Waals surface area contributed by atoms with Crippen molar-refractivity contribution in [1.82, 2.24) is 0 Å². The fourth-order valence-corrected chi connectivity index (χ4v) is 2.77. The molecule has 0 saturated carbocycles. The maximum Gasteiger partial charge on any atom is 0.363 e. The van der Waals surface area contributed by atoms with E-state index in [0.717, 1.165) is 32.1 Å². The highest BCUT2D eigenvalue weighted by atomic mass is 16.6. The van der Waals surface area contributed by atoms with Crippen LogP contribution < -0.4 is 0 Å². The number of ether oxygens (including phenoxy) is 1. The van der Waals surface area contributed by atoms with Gasteiger partial charge in [-0.3, -0.25) is 14.4 Å². The summed E-state index contributed by atoms with van der Waals surface area (Å²) >= 11 is 0. The highest BCUT2D eigenvalue weighted by Crippen LogP contribution is 2.40. The topological polar surface area (TPSA) is 74.4 Å². The van der Waals surface area contributed by atoms with Gasteiger partial charge in [0.25, 0.3) is 0 Å². The van der Waals surface area contributed by atoms with E-state index in [4.69, 9.17) is 16.4 Å². The van der Waals surface area contributed by atoms with E-state index in [-0.39, 0.29) is 6.10 Å². The quantitative estimate of drug-likeness (QED) is 0.308. The molecule has 1 aliphatic rings. The standard InChI is InChI=1S/C17H29NO4/c1-17(18-2)16(22-17)14(19)12-10-8-6-4-3-5-7-9-11-13-15(20)21/h14,16,19H,3-13H2,1H3,(H,20,21)/t14-,16-,17-/m1/s1. The number of aliphatic carboxylic acids is 1. The lowest BCUT2D eigenvalue weighted by atomic mass is 10.0. The zero-order valence-electron chi connectivity index (χ0n) is 13.6. The van der Waals surface area contributed by atoms with Crippen molar-refractivity contribution in [1.29, 1.82) is 0 Å². The Morgan fingerprint density at radius 1 is 1.14 bits per heavy atom. The van der Waals surface area contributed by atoms with E-state index in [0.29, 0.717) is 12.8 Å². The predicted molar refractivity (Wildman–Crippen MR) is 84.3 cm³/mol. The molecular formula is C17H29NO4. The molecule has 1 fully saturated rings. The Hall–Kier alpha value is -1.12. The third-order valence-electron chi connectivity index (χ3n) is 4.30. The van der Waals surface area contributed by atoms with E-state index in [1.165, 1.54) is 25.7 Å². The lowest BCUT2D eigenvalue weighted by Crippen LogP contribution is -2.20. The number of carboxylic acid groups (broad SMARTS) is 1. The summed E-state index contributed by atoms with van der Waals surface area (Å²) in [6, 6.07) is 0. The van der Waals surface area contributed by atoms with E-state index in [2.05, 4.69) is 4.85 Å². The van der Waals surface area contributed by atoms with Gasteiger partial charge in [-0.1, -0.05) is 51.4 Å². The van der Waals surface area contributed by atoms with Gasteiger partial charge in [0.1, 0.15) is 0 Å². The highest BCUT2D eigenvalue weighted by Gasteiger charge is 2.64. The monoisotopic (exact) mass is 311 g/mol. The van der Waals surface area contributed by atoms with Gasteiger partial charge in [-0.05, 0) is 12.8 Å². The van der Waals surface area contributed by atoms with Crippen molar-refractivity contribution >= 4 is 5.97 Å². The molecule has 22 heavy (non-hydrogen) atoms. The summed E-state index contributed by atoms with van der Waals surface area (Å²) in [5.74, 6) is -0.699. The molecule has 1 saturated heterocycles. The normalized spacial score (nSPS) is 24.7. The van der Waals surface area contributed by atoms with E-state index >= 15 is 0 Å². The van der Waals surface area contributed by atoms with E-state index in [1.54, 1.807) is 6.92 Å². The molecule has 0 aromatic rings. The van der Waals surface area contributed by atoms with Gasteiger partial charge in [0.05, 0.1) is 6.10 Å². The molecule has 0 bridgehead atoms. The van der Waals surface area contributed by atoms with Crippen LogP contribution in [0.3, 0.4) is 0 Å². The van der Waals surface area contributed by atoms with Crippen molar-refractivity contribution < 1.29 is 19.7 Å². The Morgan fingerprint density at radius 3 is 2.09 bits per heavy atom. The number of aliphatic hydroxyl groups is 1. The minimum absolute atomic E-state index is 0.291. The second kappa shape index (κ2) is 9.81. The van der Waals surface area contributed by atoms with Gasteiger partial charge in [-0.25, -0.2) is 6.57 Å². The first-order valence-electron chi connectivity index (χ1n) is 8.46. The molecule has 2 N–H and O–H groups in total. The Bertz CT molecular complexity index is 379. The number of carbonyl (C=O) groups is 1. The molecule has 0 unspecified atom stereocenters. The number of hydrogen-bond donors (Lipinski definition) is 2. The Balaban J connectivity index is 1.83. The molecular weight excluding hydrogens is 282 g/mol. The van der Waals surface area contributed by atoms with Crippen molar-refractivity contribution in [3.8, 4) is 0 Å². The maximum absolute atomic E-state index is 10.3. The van der Waals surface area contributed by atoms with Crippen molar-refractivity contribution in [2.75, 3.05) is 0 Å². The summed E-state index contributed by atoms with van der Waals surface area (Å²) in [5.41, 5.74) is -0.778. The molecule has 0 aromatic carbocycles. The molecule has 3 atom stereocenters. The van der Waals surface area contributed by atoms with Gasteiger partial charge in [0, 0.05) is 13.3 Å². The van der Waals surface area contributed by atoms with Crippen molar-refractivity contribution in [2.45, 2.75) is 95.5 Å². The van der Waals surface area contributed by atoms with Crippen LogP contribution in [0.5, 0.6) is 0 Å². The van der Waals surface area contributed by atoms with Crippen LogP contribution in [0.25, 0.3) is 4.85 Å². The summed E-state index contributed by atoms with van der Waals surface area (Å²) in [5, 5.41) is 18.4. The first-order valence-corrected chi connectivity index (χ1v) is 8.46. The molecule has 0 spiro atoms. The minimum Gasteiger partial charge on any atom is -0.481 e. The Labute approximate surface area is 133 Å². The molecule has 1 rings (SSSR count). The van der Waals surface area contributed by atoms with Crippen LogP contribution in [0.15, 0.2) is 0 Å². The van der Waals surface area contributed by atoms with Crippen LogP contribution >= 0.6 is 0 Å². The summed E-state index contributed by atoms with van der Waals surface area (Å²) in [4.78, 5) is 13.7. The Morgan fingerprint density at radius 2 is 1.64 bits per heavy atom. The zero-order chi connectivity index (χ0) is 16.4. The summed E-state index contributed by atoms with van der Waals surface area (Å²) in [7, 11) is 0. The molecule has 0 amide bonds. The molecule has 126 valence electrons. The van der Waals surface area contributed by atoms with E-state index in [1.807, 2.05) is 0 Å². The molecule has 5 heteroatoms. The van der Waals surface area contributed by atoms with Crippen LogP contribution in [0, 0.1) is 6.57 Å². The smallest absolute Gasteiger partial charge is 0.363 e. The van der Waals surface area contributed by atoms with Crippen molar-refractivity contribution in [2.24, 2.45) is 0 Å². The van der Waals surface area contributed by atoms with Crippen LogP contribution in [0.1, 0.15) is 77.6 Å². The first-order chi connectivity index (χ1) is 10.5. The maximum atomic E-state index is 10.3. The SMILES string of the molecule is [C-]#[N+][C@]1(C)O[C@@H]1[C@H](O)CCCCCCCCCCCC(=O)O. The number of carboxylic acids is 1. The number of unbranched alkanes of at least 4 members (excludes halogenated alkanes) is 8. The van der Waals surface area contributed by atoms with Crippen LogP contribution in [0.2, 0.25) is 0 Å². The third kappa shape index (κ3) is 7.24. The zero-order valence-corrected chi connectivity index (χ0v) is 13.6. The summed E-state index contributed by atoms with van der Waals surface area (Å²) in [6.45, 7) is 8.70. The minimum atomic E-state index is -0.778. The number of rotatable bonds is 13. The van der Waals surface area contributed by atoms with Crippen LogP contribution in [0.4, 0.5) is 0 Å². The average Bonchev–Trinajstić information content (AvgIpc) is 3.17. The lowest BCUT2D eigenvalue weighted by molar-refractivity contribution is -0.137. The number of hydrogen-bond acceptors (Lipinski definition) is 3. The largest absolute Gasteiger partial charge is 0.481 e. The second-order valence-electron chi connectivity index (χ2n) is 6.39. The molecule has 0 radical (unpaired) electrons. The average molecular weight is 311 g/mol. The molecule has 0 aliphatic carbocycles. The van der Waals surface area contributed by atoms with Crippen LogP contribution in [-0.2, 0) is 9.53 Å². The molecule has 0 aromatic heterocycles. The number of epoxide rings is 1. The van der Waals surface area contributed by atoms with Gasteiger partial charge in [0.15, 0.2) is 6.10 Å². The fraction of sp³-hybridized carbons (Fsp3) is 0.882. The fourth-order valence-electron chi connectivity index (χ4n) is 2.77. The van der Waals surface area contributed by atoms with E-state index in [9.17, 15) is 9.90 Å². The first kappa shape index (κ1) is 18.9. The summed E-state index contributed by atoms with van der Waals surface area (Å²) in [6.07, 6.45) is 9.99. The van der Waals surface area contributed by atoms with E-state index < -0.39 is 17.8 Å². The van der Waals surface area contributed by atoms with Gasteiger partial charge >= 0.3 is 11.7 Å². The predicted octanol–water partition coefficient (Wildman–Crippen LogP) is 3.76. The van der Waals surface area contributed by atoms with Crippen LogP contribution in [-0.4, -0.2) is 34.1 Å². The second-order valence-corrected chi connectivity index (χ2v) is 6.39. The van der Waals surface area contributed by atoms with Gasteiger partial charge in [-0.2, -0.15) is 0 Å². The van der Waals surface area contributed by atoms with Gasteiger partial charge in [0.2, 0.25) is 0 Å². The van der Waals surface area contributed by atoms with Gasteiger partial charge in [-0.15, -0.1) is 0 Å². The van der Waals surface area contributed by atoms with Crippen molar-refractivity contribution in [3.05, 3.63) is 11.4 Å². The highest BCUT2D eigenvalue weighted by molar-refractivity contribution is 5.66. The summed E-state index contributed by atoms with van der Waals surface area (Å²) < 4.78 is 5.23. The molecule has 1 aliphatic heterocycles. The lowest BCUT2D eigenvalue weighted by Gasteiger charge is -2.06.